The molecule has 0 atom stereocenters. The first-order chi connectivity index (χ1) is 10.0. The third kappa shape index (κ3) is 3.32. The highest BCUT2D eigenvalue weighted by Crippen LogP contribution is 2.29. The second-order valence-electron chi connectivity index (χ2n) is 6.67. The van der Waals surface area contributed by atoms with E-state index in [1.165, 1.54) is 4.68 Å². The van der Waals surface area contributed by atoms with Crippen molar-refractivity contribution in [2.75, 3.05) is 4.72 Å². The Hall–Kier alpha value is -1.82. The van der Waals surface area contributed by atoms with Crippen LogP contribution in [0.15, 0.2) is 29.3 Å². The van der Waals surface area contributed by atoms with E-state index in [0.29, 0.717) is 11.4 Å². The zero-order valence-corrected chi connectivity index (χ0v) is 14.7. The van der Waals surface area contributed by atoms with Crippen LogP contribution in [0.3, 0.4) is 0 Å². The maximum atomic E-state index is 12.7. The van der Waals surface area contributed by atoms with E-state index in [9.17, 15) is 8.42 Å². The molecule has 0 amide bonds. The minimum Gasteiger partial charge on any atom is -0.280 e. The summed E-state index contributed by atoms with van der Waals surface area (Å²) in [6.07, 6.45) is 1.55. The molecule has 0 radical (unpaired) electrons. The second-order valence-corrected chi connectivity index (χ2v) is 8.32. The Balaban J connectivity index is 2.45. The zero-order valence-electron chi connectivity index (χ0n) is 13.9. The molecule has 0 saturated carbocycles. The van der Waals surface area contributed by atoms with Crippen molar-refractivity contribution < 1.29 is 8.42 Å². The average Bonchev–Trinajstić information content (AvgIpc) is 2.76. The van der Waals surface area contributed by atoms with E-state index in [1.54, 1.807) is 19.3 Å². The summed E-state index contributed by atoms with van der Waals surface area (Å²) < 4.78 is 29.6. The van der Waals surface area contributed by atoms with E-state index in [4.69, 9.17) is 0 Å². The van der Waals surface area contributed by atoms with Gasteiger partial charge in [0.1, 0.15) is 4.90 Å². The molecule has 120 valence electrons. The Bertz CT molecular complexity index is 799. The van der Waals surface area contributed by atoms with Gasteiger partial charge < -0.3 is 0 Å². The Morgan fingerprint density at radius 2 is 1.77 bits per heavy atom. The number of sulfonamides is 1. The van der Waals surface area contributed by atoms with Crippen LogP contribution in [0, 0.1) is 13.8 Å². The monoisotopic (exact) mass is 321 g/mol. The lowest BCUT2D eigenvalue weighted by atomic mass is 9.92. The van der Waals surface area contributed by atoms with E-state index in [0.717, 1.165) is 11.1 Å². The first-order valence-corrected chi connectivity index (χ1v) is 8.63. The maximum Gasteiger partial charge on any atom is 0.265 e. The largest absolute Gasteiger partial charge is 0.280 e. The van der Waals surface area contributed by atoms with Crippen LogP contribution in [0.1, 0.15) is 37.6 Å². The smallest absolute Gasteiger partial charge is 0.265 e. The van der Waals surface area contributed by atoms with Crippen LogP contribution in [0.5, 0.6) is 0 Å². The van der Waals surface area contributed by atoms with Gasteiger partial charge in [-0.2, -0.15) is 5.10 Å². The van der Waals surface area contributed by atoms with Gasteiger partial charge in [-0.05, 0) is 37.1 Å². The van der Waals surface area contributed by atoms with Gasteiger partial charge in [-0.15, -0.1) is 0 Å². The van der Waals surface area contributed by atoms with Gasteiger partial charge in [0.05, 0.1) is 5.69 Å². The predicted octanol–water partition coefficient (Wildman–Crippen LogP) is 3.14. The average molecular weight is 321 g/mol. The summed E-state index contributed by atoms with van der Waals surface area (Å²) in [6.45, 7) is 9.80. The molecule has 0 aliphatic carbocycles. The molecule has 5 nitrogen and oxygen atoms in total. The molecule has 1 N–H and O–H groups in total. The highest BCUT2D eigenvalue weighted by Gasteiger charge is 2.29. The highest BCUT2D eigenvalue weighted by molar-refractivity contribution is 7.92. The molecule has 22 heavy (non-hydrogen) atoms. The van der Waals surface area contributed by atoms with Gasteiger partial charge >= 0.3 is 0 Å². The number of anilines is 1. The standard InChI is InChI=1S/C16H23N3O2S/c1-11-7-8-13(9-12(11)2)18-22(20,21)14-10-19(6)17-15(14)16(3,4)5/h7-10,18H,1-6H3. The maximum absolute atomic E-state index is 12.7. The van der Waals surface area contributed by atoms with Crippen LogP contribution >= 0.6 is 0 Å². The summed E-state index contributed by atoms with van der Waals surface area (Å²) >= 11 is 0. The summed E-state index contributed by atoms with van der Waals surface area (Å²) in [7, 11) is -1.94. The Kier molecular flexibility index (Phi) is 4.08. The molecule has 6 heteroatoms. The van der Waals surface area contributed by atoms with Crippen LogP contribution in [-0.4, -0.2) is 18.2 Å². The molecule has 1 aromatic heterocycles. The van der Waals surface area contributed by atoms with Crippen molar-refractivity contribution in [2.24, 2.45) is 7.05 Å². The summed E-state index contributed by atoms with van der Waals surface area (Å²) in [5.41, 5.74) is 2.94. The number of nitrogens with one attached hydrogen (secondary N) is 1. The first-order valence-electron chi connectivity index (χ1n) is 7.15. The summed E-state index contributed by atoms with van der Waals surface area (Å²) in [4.78, 5) is 0.223. The normalized spacial score (nSPS) is 12.5. The fraction of sp³-hybridized carbons (Fsp3) is 0.438. The van der Waals surface area contributed by atoms with E-state index in [1.807, 2.05) is 46.8 Å². The van der Waals surface area contributed by atoms with Crippen LogP contribution in [0.2, 0.25) is 0 Å². The predicted molar refractivity (Wildman–Crippen MR) is 88.6 cm³/mol. The van der Waals surface area contributed by atoms with Crippen molar-refractivity contribution in [3.05, 3.63) is 41.2 Å². The van der Waals surface area contributed by atoms with Crippen molar-refractivity contribution in [3.63, 3.8) is 0 Å². The molecule has 2 rings (SSSR count). The lowest BCUT2D eigenvalue weighted by Gasteiger charge is -2.18. The van der Waals surface area contributed by atoms with E-state index in [-0.39, 0.29) is 10.3 Å². The fourth-order valence-corrected chi connectivity index (χ4v) is 3.64. The van der Waals surface area contributed by atoms with Crippen LogP contribution < -0.4 is 4.72 Å². The van der Waals surface area contributed by atoms with Crippen molar-refractivity contribution in [1.29, 1.82) is 0 Å². The molecular weight excluding hydrogens is 298 g/mol. The topological polar surface area (TPSA) is 64.0 Å². The molecule has 0 fully saturated rings. The van der Waals surface area contributed by atoms with E-state index < -0.39 is 10.0 Å². The fourth-order valence-electron chi connectivity index (χ4n) is 2.20. The van der Waals surface area contributed by atoms with Gasteiger partial charge in [-0.25, -0.2) is 8.42 Å². The quantitative estimate of drug-likeness (QED) is 0.944. The van der Waals surface area contributed by atoms with Gasteiger partial charge in [-0.3, -0.25) is 9.40 Å². The van der Waals surface area contributed by atoms with E-state index >= 15 is 0 Å². The third-order valence-corrected chi connectivity index (χ3v) is 4.94. The van der Waals surface area contributed by atoms with Gasteiger partial charge in [0.25, 0.3) is 10.0 Å². The summed E-state index contributed by atoms with van der Waals surface area (Å²) in [6, 6.07) is 5.51. The number of benzene rings is 1. The number of aryl methyl sites for hydroxylation is 3. The molecule has 0 spiro atoms. The Morgan fingerprint density at radius 1 is 1.14 bits per heavy atom. The van der Waals surface area contributed by atoms with Gasteiger partial charge in [0.2, 0.25) is 0 Å². The highest BCUT2D eigenvalue weighted by atomic mass is 32.2. The third-order valence-electron chi connectivity index (χ3n) is 3.55. The molecule has 0 unspecified atom stereocenters. The minimum absolute atomic E-state index is 0.223. The van der Waals surface area contributed by atoms with E-state index in [2.05, 4.69) is 9.82 Å². The molecule has 0 bridgehead atoms. The molecular formula is C16H23N3O2S. The Labute approximate surface area is 132 Å². The van der Waals surface area contributed by atoms with Crippen LogP contribution in [0.25, 0.3) is 0 Å². The minimum atomic E-state index is -3.67. The number of hydrogen-bond acceptors (Lipinski definition) is 3. The molecule has 0 aliphatic rings. The summed E-state index contributed by atoms with van der Waals surface area (Å²) in [5.74, 6) is 0. The molecule has 0 aliphatic heterocycles. The SMILES string of the molecule is Cc1ccc(NS(=O)(=O)c2cn(C)nc2C(C)(C)C)cc1C. The van der Waals surface area contributed by atoms with Crippen LogP contribution in [-0.2, 0) is 22.5 Å². The molecule has 1 heterocycles. The first kappa shape index (κ1) is 16.5. The second kappa shape index (κ2) is 5.43. The number of aromatic nitrogens is 2. The van der Waals surface area contributed by atoms with Crippen molar-refractivity contribution >= 4 is 15.7 Å². The lowest BCUT2D eigenvalue weighted by molar-refractivity contribution is 0.539. The molecule has 2 aromatic rings. The number of hydrogen-bond donors (Lipinski definition) is 1. The van der Waals surface area contributed by atoms with Crippen molar-refractivity contribution in [2.45, 2.75) is 44.9 Å². The van der Waals surface area contributed by atoms with Gasteiger partial charge in [0.15, 0.2) is 0 Å². The molecule has 0 saturated heterocycles. The number of nitrogens with zero attached hydrogens (tertiary/aromatic N) is 2. The molecule has 1 aromatic carbocycles. The van der Waals surface area contributed by atoms with Crippen molar-refractivity contribution in [1.82, 2.24) is 9.78 Å². The number of rotatable bonds is 3. The lowest BCUT2D eigenvalue weighted by Crippen LogP contribution is -2.20. The summed E-state index contributed by atoms with van der Waals surface area (Å²) in [5, 5.41) is 4.32. The van der Waals surface area contributed by atoms with Gasteiger partial charge in [0, 0.05) is 24.3 Å². The Morgan fingerprint density at radius 3 is 2.32 bits per heavy atom. The van der Waals surface area contributed by atoms with Crippen LogP contribution in [0.4, 0.5) is 5.69 Å². The van der Waals surface area contributed by atoms with Gasteiger partial charge in [-0.1, -0.05) is 26.8 Å². The zero-order chi connectivity index (χ0) is 16.7. The van der Waals surface area contributed by atoms with Crippen molar-refractivity contribution in [3.8, 4) is 0 Å².